The van der Waals surface area contributed by atoms with E-state index in [4.69, 9.17) is 47.0 Å². The monoisotopic (exact) mass is 348 g/mol. The Hall–Kier alpha value is -1.07. The van der Waals surface area contributed by atoms with Crippen LogP contribution in [0.1, 0.15) is 0 Å². The molecule has 104 valence electrons. The molecule has 0 heterocycles. The molecule has 0 aliphatic rings. The fraction of sp³-hybridized carbons (Fsp3) is 0. The number of hydrogen-bond donors (Lipinski definition) is 2. The second kappa shape index (κ2) is 6.59. The molecule has 0 amide bonds. The fourth-order valence-corrected chi connectivity index (χ4v) is 2.25. The first-order chi connectivity index (χ1) is 9.47. The summed E-state index contributed by atoms with van der Waals surface area (Å²) in [6.45, 7) is 0. The number of rotatable bonds is 2. The minimum Gasteiger partial charge on any atom is -0.331 e. The van der Waals surface area contributed by atoms with E-state index in [9.17, 15) is 4.39 Å². The molecule has 0 saturated carbocycles. The number of thiocarbonyl (C=S) groups is 1. The van der Waals surface area contributed by atoms with Crippen LogP contribution in [-0.2, 0) is 0 Å². The SMILES string of the molecule is Fc1ccc(NC(=S)Nc2cccc(Cl)c2Cl)c(Cl)c1. The molecule has 0 radical (unpaired) electrons. The number of halogens is 4. The molecule has 2 N–H and O–H groups in total. The zero-order valence-corrected chi connectivity index (χ0v) is 13.0. The number of anilines is 2. The van der Waals surface area contributed by atoms with Crippen molar-refractivity contribution in [3.05, 3.63) is 57.3 Å². The van der Waals surface area contributed by atoms with Gasteiger partial charge in [-0.15, -0.1) is 0 Å². The van der Waals surface area contributed by atoms with Gasteiger partial charge in [0.2, 0.25) is 0 Å². The molecule has 0 aliphatic heterocycles. The zero-order chi connectivity index (χ0) is 14.7. The number of hydrogen-bond acceptors (Lipinski definition) is 1. The Labute approximate surface area is 135 Å². The van der Waals surface area contributed by atoms with Gasteiger partial charge >= 0.3 is 0 Å². The first-order valence-electron chi connectivity index (χ1n) is 5.44. The van der Waals surface area contributed by atoms with Gasteiger partial charge in [-0.25, -0.2) is 4.39 Å². The van der Waals surface area contributed by atoms with Crippen LogP contribution in [0.15, 0.2) is 36.4 Å². The molecule has 20 heavy (non-hydrogen) atoms. The Bertz CT molecular complexity index is 664. The highest BCUT2D eigenvalue weighted by molar-refractivity contribution is 7.80. The number of nitrogens with one attached hydrogen (secondary N) is 2. The van der Waals surface area contributed by atoms with Crippen LogP contribution in [0, 0.1) is 5.82 Å². The first-order valence-corrected chi connectivity index (χ1v) is 6.98. The lowest BCUT2D eigenvalue weighted by Gasteiger charge is -2.13. The van der Waals surface area contributed by atoms with Gasteiger partial charge in [-0.1, -0.05) is 40.9 Å². The number of benzene rings is 2. The second-order valence-electron chi connectivity index (χ2n) is 3.80. The van der Waals surface area contributed by atoms with E-state index in [1.54, 1.807) is 18.2 Å². The minimum atomic E-state index is -0.419. The van der Waals surface area contributed by atoms with Crippen LogP contribution in [0.5, 0.6) is 0 Å². The molecule has 2 nitrogen and oxygen atoms in total. The molecule has 0 atom stereocenters. The minimum absolute atomic E-state index is 0.228. The third-order valence-electron chi connectivity index (χ3n) is 2.38. The van der Waals surface area contributed by atoms with Gasteiger partial charge < -0.3 is 10.6 Å². The predicted molar refractivity (Wildman–Crippen MR) is 87.7 cm³/mol. The van der Waals surface area contributed by atoms with Crippen LogP contribution in [0.4, 0.5) is 15.8 Å². The predicted octanol–water partition coefficient (Wildman–Crippen LogP) is 5.59. The quantitative estimate of drug-likeness (QED) is 0.691. The first kappa shape index (κ1) is 15.3. The van der Waals surface area contributed by atoms with Gasteiger partial charge in [-0.3, -0.25) is 0 Å². The molecule has 0 spiro atoms. The van der Waals surface area contributed by atoms with Crippen LogP contribution in [-0.4, -0.2) is 5.11 Å². The van der Waals surface area contributed by atoms with Gasteiger partial charge in [0.05, 0.1) is 26.4 Å². The maximum Gasteiger partial charge on any atom is 0.175 e. The Balaban J connectivity index is 2.11. The van der Waals surface area contributed by atoms with E-state index in [1.807, 2.05) is 0 Å². The summed E-state index contributed by atoms with van der Waals surface area (Å²) in [6, 6.07) is 9.11. The molecule has 0 aliphatic carbocycles. The Morgan fingerprint density at radius 1 is 0.950 bits per heavy atom. The van der Waals surface area contributed by atoms with Crippen molar-refractivity contribution >= 4 is 63.5 Å². The van der Waals surface area contributed by atoms with Gasteiger partial charge in [-0.2, -0.15) is 0 Å². The molecule has 2 aromatic rings. The van der Waals surface area contributed by atoms with Crippen molar-refractivity contribution in [2.75, 3.05) is 10.6 Å². The second-order valence-corrected chi connectivity index (χ2v) is 5.41. The summed E-state index contributed by atoms with van der Waals surface area (Å²) < 4.78 is 12.9. The highest BCUT2D eigenvalue weighted by Gasteiger charge is 2.08. The maximum absolute atomic E-state index is 12.9. The van der Waals surface area contributed by atoms with Gasteiger partial charge in [0.15, 0.2) is 5.11 Å². The van der Waals surface area contributed by atoms with Crippen LogP contribution in [0.3, 0.4) is 0 Å². The molecule has 7 heteroatoms. The van der Waals surface area contributed by atoms with Crippen molar-refractivity contribution in [2.24, 2.45) is 0 Å². The van der Waals surface area contributed by atoms with Crippen molar-refractivity contribution in [3.63, 3.8) is 0 Å². The van der Waals surface area contributed by atoms with E-state index in [-0.39, 0.29) is 10.1 Å². The van der Waals surface area contributed by atoms with E-state index in [0.29, 0.717) is 21.4 Å². The van der Waals surface area contributed by atoms with Gasteiger partial charge in [0.25, 0.3) is 0 Å². The molecule has 0 aromatic heterocycles. The average molecular weight is 350 g/mol. The molecule has 0 fully saturated rings. The van der Waals surface area contributed by atoms with Crippen LogP contribution in [0.25, 0.3) is 0 Å². The molecule has 0 unspecified atom stereocenters. The normalized spacial score (nSPS) is 10.2. The highest BCUT2D eigenvalue weighted by Crippen LogP contribution is 2.30. The van der Waals surface area contributed by atoms with Crippen molar-refractivity contribution in [2.45, 2.75) is 0 Å². The maximum atomic E-state index is 12.9. The summed E-state index contributed by atoms with van der Waals surface area (Å²) in [4.78, 5) is 0. The third kappa shape index (κ3) is 3.73. The lowest BCUT2D eigenvalue weighted by molar-refractivity contribution is 0.628. The summed E-state index contributed by atoms with van der Waals surface area (Å²) >= 11 is 23.0. The Morgan fingerprint density at radius 2 is 1.65 bits per heavy atom. The van der Waals surface area contributed by atoms with E-state index in [1.165, 1.54) is 18.2 Å². The van der Waals surface area contributed by atoms with E-state index < -0.39 is 5.82 Å². The highest BCUT2D eigenvalue weighted by atomic mass is 35.5. The van der Waals surface area contributed by atoms with Gasteiger partial charge in [-0.05, 0) is 42.5 Å². The summed E-state index contributed by atoms with van der Waals surface area (Å²) in [7, 11) is 0. The van der Waals surface area contributed by atoms with Crippen LogP contribution >= 0.6 is 47.0 Å². The van der Waals surface area contributed by atoms with Crippen molar-refractivity contribution in [3.8, 4) is 0 Å². The molecular weight excluding hydrogens is 342 g/mol. The largest absolute Gasteiger partial charge is 0.331 e. The lowest BCUT2D eigenvalue weighted by atomic mass is 10.3. The molecule has 2 aromatic carbocycles. The summed E-state index contributed by atoms with van der Waals surface area (Å²) in [6.07, 6.45) is 0. The van der Waals surface area contributed by atoms with Crippen molar-refractivity contribution in [1.82, 2.24) is 0 Å². The smallest absolute Gasteiger partial charge is 0.175 e. The summed E-state index contributed by atoms with van der Waals surface area (Å²) in [5, 5.41) is 7.02. The van der Waals surface area contributed by atoms with Crippen molar-refractivity contribution < 1.29 is 4.39 Å². The van der Waals surface area contributed by atoms with Gasteiger partial charge in [0, 0.05) is 0 Å². The molecule has 2 rings (SSSR count). The summed E-state index contributed by atoms with van der Waals surface area (Å²) in [5.41, 5.74) is 1.05. The fourth-order valence-electron chi connectivity index (χ4n) is 1.47. The molecule has 0 saturated heterocycles. The van der Waals surface area contributed by atoms with Crippen molar-refractivity contribution in [1.29, 1.82) is 0 Å². The average Bonchev–Trinajstić information content (AvgIpc) is 2.38. The van der Waals surface area contributed by atoms with E-state index in [0.717, 1.165) is 0 Å². The standard InChI is InChI=1S/C13H8Cl3FN2S/c14-8-2-1-3-11(12(8)16)19-13(20)18-10-5-4-7(17)6-9(10)15/h1-6H,(H2,18,19,20). The Morgan fingerprint density at radius 3 is 2.35 bits per heavy atom. The third-order valence-corrected chi connectivity index (χ3v) is 3.71. The van der Waals surface area contributed by atoms with Crippen LogP contribution in [0.2, 0.25) is 15.1 Å². The summed E-state index contributed by atoms with van der Waals surface area (Å²) in [5.74, 6) is -0.419. The van der Waals surface area contributed by atoms with E-state index in [2.05, 4.69) is 10.6 Å². The lowest BCUT2D eigenvalue weighted by Crippen LogP contribution is -2.19. The topological polar surface area (TPSA) is 24.1 Å². The van der Waals surface area contributed by atoms with Crippen LogP contribution < -0.4 is 10.6 Å². The Kier molecular flexibility index (Phi) is 5.05. The van der Waals surface area contributed by atoms with Gasteiger partial charge in [0.1, 0.15) is 5.82 Å². The molecule has 0 bridgehead atoms. The van der Waals surface area contributed by atoms with E-state index >= 15 is 0 Å². The molecular formula is C13H8Cl3FN2S. The zero-order valence-electron chi connectivity index (χ0n) is 9.88.